The van der Waals surface area contributed by atoms with E-state index in [0.717, 1.165) is 11.1 Å². The predicted molar refractivity (Wildman–Crippen MR) is 174 cm³/mol. The van der Waals surface area contributed by atoms with Crippen LogP contribution in [0.25, 0.3) is 0 Å². The number of fused-ring (bicyclic) bond motifs is 2. The number of halogens is 5. The number of alkyl halides is 2. The van der Waals surface area contributed by atoms with Crippen LogP contribution in [0.4, 0.5) is 18.9 Å². The lowest BCUT2D eigenvalue weighted by Gasteiger charge is -2.62. The van der Waals surface area contributed by atoms with Crippen molar-refractivity contribution >= 4 is 41.3 Å². The molecule has 3 aliphatic rings. The molecular formula is C37H31Cl2F3N2O3. The van der Waals surface area contributed by atoms with Crippen LogP contribution in [-0.4, -0.2) is 42.2 Å². The van der Waals surface area contributed by atoms with Crippen LogP contribution in [0.1, 0.15) is 59.1 Å². The SMILES string of the molecule is O=CNc1cc(Cl)ccc1[C@H]1[C@@H](c2cccc(Cl)c2F)[C@@H]2C(=O)O[C@@H](c3ccccc3)[C@@H](c3ccccc3)N2C12CC(CF)(CF)C2. The highest BCUT2D eigenvalue weighted by Crippen LogP contribution is 2.71. The van der Waals surface area contributed by atoms with Crippen LogP contribution < -0.4 is 5.32 Å². The van der Waals surface area contributed by atoms with Crippen LogP contribution in [0.5, 0.6) is 0 Å². The predicted octanol–water partition coefficient (Wildman–Crippen LogP) is 8.75. The summed E-state index contributed by atoms with van der Waals surface area (Å²) in [5.41, 5.74) is 0.260. The molecule has 4 aromatic carbocycles. The highest BCUT2D eigenvalue weighted by Gasteiger charge is 2.73. The zero-order chi connectivity index (χ0) is 32.9. The smallest absolute Gasteiger partial charge is 0.324 e. The third-order valence-electron chi connectivity index (χ3n) is 10.3. The molecule has 1 N–H and O–H groups in total. The van der Waals surface area contributed by atoms with Gasteiger partial charge in [-0.3, -0.25) is 23.3 Å². The van der Waals surface area contributed by atoms with Crippen LogP contribution in [-0.2, 0) is 14.3 Å². The Labute approximate surface area is 280 Å². The number of morpholine rings is 1. The monoisotopic (exact) mass is 678 g/mol. The highest BCUT2D eigenvalue weighted by atomic mass is 35.5. The topological polar surface area (TPSA) is 58.6 Å². The first kappa shape index (κ1) is 31.7. The molecule has 5 atom stereocenters. The second kappa shape index (κ2) is 12.3. The van der Waals surface area contributed by atoms with Crippen LogP contribution in [0.15, 0.2) is 97.1 Å². The number of carbonyl (C=O) groups excluding carboxylic acids is 2. The molecule has 2 aliphatic heterocycles. The molecule has 1 amide bonds. The number of benzene rings is 4. The number of carbonyl (C=O) groups is 2. The lowest BCUT2D eigenvalue weighted by atomic mass is 9.51. The third-order valence-corrected chi connectivity index (χ3v) is 10.8. The molecular weight excluding hydrogens is 648 g/mol. The van der Waals surface area contributed by atoms with Gasteiger partial charge in [-0.15, -0.1) is 0 Å². The quantitative estimate of drug-likeness (QED) is 0.150. The number of anilines is 1. The third kappa shape index (κ3) is 5.04. The van der Waals surface area contributed by atoms with Crippen LogP contribution in [0, 0.1) is 11.2 Å². The van der Waals surface area contributed by atoms with Gasteiger partial charge in [0.1, 0.15) is 18.0 Å². The van der Waals surface area contributed by atoms with Gasteiger partial charge in [0.25, 0.3) is 0 Å². The number of cyclic esters (lactones) is 1. The summed E-state index contributed by atoms with van der Waals surface area (Å²) in [5, 5.41) is 2.94. The number of nitrogens with one attached hydrogen (secondary N) is 1. The van der Waals surface area contributed by atoms with E-state index >= 15 is 4.39 Å². The molecule has 2 saturated heterocycles. The van der Waals surface area contributed by atoms with E-state index in [4.69, 9.17) is 27.9 Å². The summed E-state index contributed by atoms with van der Waals surface area (Å²) < 4.78 is 52.2. The Hall–Kier alpha value is -3.85. The molecule has 0 aromatic heterocycles. The van der Waals surface area contributed by atoms with E-state index in [1.54, 1.807) is 30.3 Å². The van der Waals surface area contributed by atoms with E-state index in [1.807, 2.05) is 65.6 Å². The van der Waals surface area contributed by atoms with E-state index < -0.39 is 66.1 Å². The van der Waals surface area contributed by atoms with Crippen molar-refractivity contribution in [2.24, 2.45) is 5.41 Å². The molecule has 3 fully saturated rings. The van der Waals surface area contributed by atoms with Gasteiger partial charge in [0, 0.05) is 33.5 Å². The zero-order valence-corrected chi connectivity index (χ0v) is 26.6. The fourth-order valence-electron chi connectivity index (χ4n) is 8.59. The largest absolute Gasteiger partial charge is 0.454 e. The molecule has 242 valence electrons. The normalized spacial score (nSPS) is 25.9. The first-order chi connectivity index (χ1) is 22.8. The van der Waals surface area contributed by atoms with Gasteiger partial charge in [0.2, 0.25) is 6.41 Å². The summed E-state index contributed by atoms with van der Waals surface area (Å²) >= 11 is 12.7. The van der Waals surface area contributed by atoms with Crippen LogP contribution in [0.3, 0.4) is 0 Å². The average Bonchev–Trinajstić information content (AvgIpc) is 3.37. The molecule has 0 radical (unpaired) electrons. The number of hydrogen-bond acceptors (Lipinski definition) is 4. The number of esters is 1. The summed E-state index contributed by atoms with van der Waals surface area (Å²) in [6.07, 6.45) is -0.200. The van der Waals surface area contributed by atoms with Crippen molar-refractivity contribution < 1.29 is 27.5 Å². The van der Waals surface area contributed by atoms with Gasteiger partial charge in [-0.1, -0.05) is 102 Å². The highest BCUT2D eigenvalue weighted by molar-refractivity contribution is 6.31. The Balaban J connectivity index is 1.55. The molecule has 47 heavy (non-hydrogen) atoms. The van der Waals surface area contributed by atoms with Gasteiger partial charge >= 0.3 is 5.97 Å². The minimum Gasteiger partial charge on any atom is -0.454 e. The molecule has 4 aromatic rings. The minimum atomic E-state index is -1.31. The second-order valence-electron chi connectivity index (χ2n) is 12.8. The first-order valence-corrected chi connectivity index (χ1v) is 16.2. The molecule has 1 saturated carbocycles. The van der Waals surface area contributed by atoms with Crippen molar-refractivity contribution in [1.29, 1.82) is 0 Å². The van der Waals surface area contributed by atoms with Crippen molar-refractivity contribution in [3.63, 3.8) is 0 Å². The van der Waals surface area contributed by atoms with Crippen LogP contribution in [0.2, 0.25) is 10.0 Å². The average molecular weight is 680 g/mol. The van der Waals surface area contributed by atoms with Gasteiger partial charge in [-0.05, 0) is 53.3 Å². The molecule has 10 heteroatoms. The Bertz CT molecular complexity index is 1800. The fraction of sp³-hybridized carbons (Fsp3) is 0.297. The summed E-state index contributed by atoms with van der Waals surface area (Å²) in [6.45, 7) is -1.81. The molecule has 1 aliphatic carbocycles. The van der Waals surface area contributed by atoms with Crippen molar-refractivity contribution in [1.82, 2.24) is 4.90 Å². The summed E-state index contributed by atoms with van der Waals surface area (Å²) in [4.78, 5) is 28.4. The van der Waals surface area contributed by atoms with Gasteiger partial charge < -0.3 is 10.1 Å². The maximum atomic E-state index is 16.2. The Morgan fingerprint density at radius 2 is 1.51 bits per heavy atom. The van der Waals surface area contributed by atoms with E-state index in [0.29, 0.717) is 22.7 Å². The maximum Gasteiger partial charge on any atom is 0.324 e. The standard InChI is InChI=1S/C37H31Cl2F3N2O3/c38-24-14-15-25(28(16-24)43-21-45)30-29(26-12-7-13-27(39)31(26)42)33-35(46)47-34(23-10-5-2-6-11-23)32(22-8-3-1-4-9-22)44(33)37(30)17-36(18-37,19-40)20-41/h1-16,21,29-30,32-34H,17-20H2,(H,43,45)/t29-,30+,32-,33-,34+/m1/s1. The molecule has 2 heterocycles. The van der Waals surface area contributed by atoms with Gasteiger partial charge in [-0.2, -0.15) is 0 Å². The molecule has 0 bridgehead atoms. The minimum absolute atomic E-state index is 0.0358. The number of hydrogen-bond donors (Lipinski definition) is 1. The van der Waals surface area contributed by atoms with Gasteiger partial charge in [0.05, 0.1) is 24.4 Å². The van der Waals surface area contributed by atoms with E-state index in [1.165, 1.54) is 6.07 Å². The number of ether oxygens (including phenoxy) is 1. The van der Waals surface area contributed by atoms with Crippen molar-refractivity contribution in [3.8, 4) is 0 Å². The van der Waals surface area contributed by atoms with Crippen molar-refractivity contribution in [3.05, 3.63) is 135 Å². The fourth-order valence-corrected chi connectivity index (χ4v) is 8.95. The molecule has 5 nitrogen and oxygen atoms in total. The zero-order valence-electron chi connectivity index (χ0n) is 25.1. The lowest BCUT2D eigenvalue weighted by molar-refractivity contribution is -0.196. The molecule has 7 rings (SSSR count). The molecule has 0 unspecified atom stereocenters. The number of rotatable bonds is 8. The lowest BCUT2D eigenvalue weighted by Crippen LogP contribution is -2.67. The second-order valence-corrected chi connectivity index (χ2v) is 13.7. The van der Waals surface area contributed by atoms with Crippen LogP contribution >= 0.6 is 23.2 Å². The summed E-state index contributed by atoms with van der Waals surface area (Å²) in [6, 6.07) is 26.8. The van der Waals surface area contributed by atoms with E-state index in [2.05, 4.69) is 5.32 Å². The van der Waals surface area contributed by atoms with Gasteiger partial charge in [-0.25, -0.2) is 4.39 Å². The number of amides is 1. The van der Waals surface area contributed by atoms with Gasteiger partial charge in [0.15, 0.2) is 0 Å². The maximum absolute atomic E-state index is 16.2. The van der Waals surface area contributed by atoms with Crippen molar-refractivity contribution in [2.45, 2.75) is 48.4 Å². The van der Waals surface area contributed by atoms with E-state index in [-0.39, 0.29) is 23.4 Å². The van der Waals surface area contributed by atoms with E-state index in [9.17, 15) is 18.4 Å². The number of nitrogens with zero attached hydrogens (tertiary/aromatic N) is 1. The Kier molecular flexibility index (Phi) is 8.31. The summed E-state index contributed by atoms with van der Waals surface area (Å²) in [7, 11) is 0. The Morgan fingerprint density at radius 3 is 2.15 bits per heavy atom. The summed E-state index contributed by atoms with van der Waals surface area (Å²) in [5.74, 6) is -2.96. The first-order valence-electron chi connectivity index (χ1n) is 15.4. The molecule has 1 spiro atoms. The van der Waals surface area contributed by atoms with Crippen molar-refractivity contribution in [2.75, 3.05) is 18.7 Å². The Morgan fingerprint density at radius 1 is 0.851 bits per heavy atom.